The minimum atomic E-state index is -0.733. The lowest BCUT2D eigenvalue weighted by molar-refractivity contribution is -0.113. The molecule has 154 valence electrons. The summed E-state index contributed by atoms with van der Waals surface area (Å²) in [6.45, 7) is 0. The average molecular weight is 425 g/mol. The van der Waals surface area contributed by atoms with Crippen molar-refractivity contribution in [2.75, 3.05) is 18.2 Å². The Morgan fingerprint density at radius 3 is 2.43 bits per heavy atom. The Morgan fingerprint density at radius 2 is 1.80 bits per heavy atom. The van der Waals surface area contributed by atoms with Gasteiger partial charge in [0.05, 0.1) is 18.6 Å². The Balaban J connectivity index is 1.71. The number of imidazole rings is 1. The second-order valence-corrected chi connectivity index (χ2v) is 7.09. The van der Waals surface area contributed by atoms with Crippen molar-refractivity contribution in [1.82, 2.24) is 9.55 Å². The Labute approximate surface area is 176 Å². The summed E-state index contributed by atoms with van der Waals surface area (Å²) in [6, 6.07) is 11.5. The second-order valence-electron chi connectivity index (χ2n) is 6.15. The van der Waals surface area contributed by atoms with Crippen LogP contribution in [0.4, 0.5) is 5.69 Å². The number of nitrogens with one attached hydrogen (secondary N) is 1. The fraction of sp³-hybridized carbons (Fsp3) is 0.100. The fourth-order valence-electron chi connectivity index (χ4n) is 2.66. The number of aromatic nitrogens is 2. The summed E-state index contributed by atoms with van der Waals surface area (Å²) in [7, 11) is 1.59. The largest absolute Gasteiger partial charge is 0.497 e. The number of anilines is 1. The molecular weight excluding hydrogens is 406 g/mol. The highest BCUT2D eigenvalue weighted by Gasteiger charge is 2.13. The van der Waals surface area contributed by atoms with Gasteiger partial charge in [-0.15, -0.1) is 0 Å². The zero-order valence-electron chi connectivity index (χ0n) is 16.0. The van der Waals surface area contributed by atoms with Gasteiger partial charge in [0.2, 0.25) is 17.7 Å². The van der Waals surface area contributed by atoms with E-state index in [4.69, 9.17) is 16.2 Å². The summed E-state index contributed by atoms with van der Waals surface area (Å²) in [5.41, 5.74) is 11.8. The number of methoxy groups -OCH3 is 1. The maximum absolute atomic E-state index is 12.4. The molecule has 1 aromatic heterocycles. The van der Waals surface area contributed by atoms with Gasteiger partial charge in [0, 0.05) is 35.3 Å². The number of primary amides is 2. The van der Waals surface area contributed by atoms with Crippen molar-refractivity contribution < 1.29 is 19.1 Å². The summed E-state index contributed by atoms with van der Waals surface area (Å²) in [6.07, 6.45) is 3.42. The number of ether oxygens (including phenoxy) is 1. The maximum atomic E-state index is 12.4. The van der Waals surface area contributed by atoms with Gasteiger partial charge in [0.15, 0.2) is 5.16 Å². The Morgan fingerprint density at radius 1 is 1.10 bits per heavy atom. The minimum Gasteiger partial charge on any atom is -0.497 e. The molecule has 0 bridgehead atoms. The van der Waals surface area contributed by atoms with Crippen molar-refractivity contribution in [1.29, 1.82) is 0 Å². The van der Waals surface area contributed by atoms with Gasteiger partial charge in [-0.3, -0.25) is 19.0 Å². The highest BCUT2D eigenvalue weighted by atomic mass is 32.2. The summed E-state index contributed by atoms with van der Waals surface area (Å²) in [5.74, 6) is -1.06. The third-order valence-electron chi connectivity index (χ3n) is 4.06. The van der Waals surface area contributed by atoms with Crippen LogP contribution in [-0.4, -0.2) is 40.1 Å². The van der Waals surface area contributed by atoms with Crippen LogP contribution < -0.4 is 21.5 Å². The molecule has 0 fully saturated rings. The van der Waals surface area contributed by atoms with Gasteiger partial charge in [-0.05, 0) is 30.3 Å². The highest BCUT2D eigenvalue weighted by Crippen LogP contribution is 2.23. The highest BCUT2D eigenvalue weighted by molar-refractivity contribution is 7.99. The van der Waals surface area contributed by atoms with E-state index in [9.17, 15) is 14.4 Å². The van der Waals surface area contributed by atoms with E-state index in [0.29, 0.717) is 10.9 Å². The van der Waals surface area contributed by atoms with Crippen LogP contribution in [0.1, 0.15) is 20.7 Å². The van der Waals surface area contributed by atoms with Gasteiger partial charge in [0.1, 0.15) is 5.75 Å². The standard InChI is InChI=1S/C20H19N5O4S/c1-29-16-4-2-3-15(10-16)25-6-5-23-20(25)30-11-17(26)24-14-8-12(18(21)27)7-13(9-14)19(22)28/h2-10H,11H2,1H3,(H2,21,27)(H2,22,28)(H,24,26). The molecule has 0 saturated heterocycles. The van der Waals surface area contributed by atoms with Gasteiger partial charge in [-0.25, -0.2) is 4.98 Å². The summed E-state index contributed by atoms with van der Waals surface area (Å²) in [4.78, 5) is 39.6. The lowest BCUT2D eigenvalue weighted by atomic mass is 10.1. The van der Waals surface area contributed by atoms with Crippen molar-refractivity contribution in [3.8, 4) is 11.4 Å². The van der Waals surface area contributed by atoms with Crippen molar-refractivity contribution >= 4 is 35.2 Å². The van der Waals surface area contributed by atoms with E-state index in [1.807, 2.05) is 28.8 Å². The normalized spacial score (nSPS) is 10.4. The topological polar surface area (TPSA) is 142 Å². The van der Waals surface area contributed by atoms with Crippen LogP contribution in [0.2, 0.25) is 0 Å². The zero-order chi connectivity index (χ0) is 21.7. The van der Waals surface area contributed by atoms with Crippen LogP contribution in [0.25, 0.3) is 5.69 Å². The van der Waals surface area contributed by atoms with Gasteiger partial charge >= 0.3 is 0 Å². The average Bonchev–Trinajstić information content (AvgIpc) is 3.20. The van der Waals surface area contributed by atoms with Gasteiger partial charge < -0.3 is 21.5 Å². The number of hydrogen-bond acceptors (Lipinski definition) is 6. The molecular formula is C20H19N5O4S. The maximum Gasteiger partial charge on any atom is 0.248 e. The van der Waals surface area contributed by atoms with Crippen LogP contribution in [-0.2, 0) is 4.79 Å². The van der Waals surface area contributed by atoms with Crippen molar-refractivity contribution in [3.05, 3.63) is 66.0 Å². The summed E-state index contributed by atoms with van der Waals surface area (Å²) >= 11 is 1.23. The van der Waals surface area contributed by atoms with Gasteiger partial charge in [0.25, 0.3) is 0 Å². The number of nitrogens with two attached hydrogens (primary N) is 2. The molecule has 0 unspecified atom stereocenters. The predicted molar refractivity (Wildman–Crippen MR) is 113 cm³/mol. The first-order valence-corrected chi connectivity index (χ1v) is 9.71. The molecule has 3 rings (SSSR count). The van der Waals surface area contributed by atoms with Crippen LogP contribution in [0.5, 0.6) is 5.75 Å². The number of nitrogens with zero attached hydrogens (tertiary/aromatic N) is 2. The number of thioether (sulfide) groups is 1. The van der Waals surface area contributed by atoms with E-state index in [2.05, 4.69) is 10.3 Å². The number of benzene rings is 2. The lowest BCUT2D eigenvalue weighted by Crippen LogP contribution is -2.19. The van der Waals surface area contributed by atoms with Crippen LogP contribution in [0.3, 0.4) is 0 Å². The number of carbonyl (C=O) groups is 3. The Hall–Kier alpha value is -3.79. The molecule has 0 atom stereocenters. The van der Waals surface area contributed by atoms with Crippen LogP contribution in [0, 0.1) is 0 Å². The molecule has 0 aliphatic rings. The van der Waals surface area contributed by atoms with E-state index in [-0.39, 0.29) is 28.5 Å². The molecule has 1 heterocycles. The molecule has 0 spiro atoms. The third-order valence-corrected chi connectivity index (χ3v) is 5.02. The lowest BCUT2D eigenvalue weighted by Gasteiger charge is -2.10. The molecule has 0 radical (unpaired) electrons. The predicted octanol–water partition coefficient (Wildman–Crippen LogP) is 1.81. The number of hydrogen-bond donors (Lipinski definition) is 3. The molecule has 10 heteroatoms. The Kier molecular flexibility index (Phi) is 6.38. The monoisotopic (exact) mass is 425 g/mol. The van der Waals surface area contributed by atoms with Gasteiger partial charge in [-0.1, -0.05) is 17.8 Å². The van der Waals surface area contributed by atoms with E-state index in [1.165, 1.54) is 30.0 Å². The fourth-order valence-corrected chi connectivity index (χ4v) is 3.44. The molecule has 9 nitrogen and oxygen atoms in total. The van der Waals surface area contributed by atoms with Crippen LogP contribution >= 0.6 is 11.8 Å². The minimum absolute atomic E-state index is 0.0493. The third kappa shape index (κ3) is 4.97. The molecule has 0 aliphatic carbocycles. The van der Waals surface area contributed by atoms with E-state index in [0.717, 1.165) is 5.69 Å². The summed E-state index contributed by atoms with van der Waals surface area (Å²) in [5, 5.41) is 3.25. The van der Waals surface area contributed by atoms with E-state index >= 15 is 0 Å². The molecule has 5 N–H and O–H groups in total. The van der Waals surface area contributed by atoms with Crippen molar-refractivity contribution in [2.24, 2.45) is 11.5 Å². The number of rotatable bonds is 8. The van der Waals surface area contributed by atoms with Crippen molar-refractivity contribution in [3.63, 3.8) is 0 Å². The molecule has 3 amide bonds. The Bertz CT molecular complexity index is 1080. The quantitative estimate of drug-likeness (QED) is 0.470. The second kappa shape index (κ2) is 9.14. The first-order chi connectivity index (χ1) is 14.4. The SMILES string of the molecule is COc1cccc(-n2ccnc2SCC(=O)Nc2cc(C(N)=O)cc(C(N)=O)c2)c1. The summed E-state index contributed by atoms with van der Waals surface area (Å²) < 4.78 is 7.07. The number of carbonyl (C=O) groups excluding carboxylic acids is 3. The first kappa shape index (κ1) is 20.9. The van der Waals surface area contributed by atoms with Gasteiger partial charge in [-0.2, -0.15) is 0 Å². The molecule has 30 heavy (non-hydrogen) atoms. The molecule has 0 saturated carbocycles. The van der Waals surface area contributed by atoms with E-state index < -0.39 is 11.8 Å². The number of amides is 3. The van der Waals surface area contributed by atoms with E-state index in [1.54, 1.807) is 19.5 Å². The smallest absolute Gasteiger partial charge is 0.248 e. The van der Waals surface area contributed by atoms with Crippen molar-refractivity contribution in [2.45, 2.75) is 5.16 Å². The molecule has 0 aliphatic heterocycles. The zero-order valence-corrected chi connectivity index (χ0v) is 16.8. The van der Waals surface area contributed by atoms with Crippen LogP contribution in [0.15, 0.2) is 60.0 Å². The molecule has 3 aromatic rings. The molecule has 2 aromatic carbocycles. The first-order valence-electron chi connectivity index (χ1n) is 8.72.